The molecule has 1 saturated heterocycles. The second kappa shape index (κ2) is 11.5. The topological polar surface area (TPSA) is 50.8 Å². The molecule has 2 aromatic rings. The van der Waals surface area contributed by atoms with Crippen molar-refractivity contribution in [3.05, 3.63) is 41.5 Å². The fourth-order valence-corrected chi connectivity index (χ4v) is 4.65. The highest BCUT2D eigenvalue weighted by atomic mass is 16.5. The van der Waals surface area contributed by atoms with Crippen molar-refractivity contribution < 1.29 is 14.3 Å². The summed E-state index contributed by atoms with van der Waals surface area (Å²) in [5.74, 6) is 0.917. The van der Waals surface area contributed by atoms with E-state index >= 15 is 0 Å². The average molecular weight is 427 g/mol. The van der Waals surface area contributed by atoms with Crippen LogP contribution < -0.4 is 10.1 Å². The molecule has 1 fully saturated rings. The molecular weight excluding hydrogens is 388 g/mol. The van der Waals surface area contributed by atoms with Crippen LogP contribution in [0.2, 0.25) is 0 Å². The van der Waals surface area contributed by atoms with E-state index in [0.717, 1.165) is 72.8 Å². The zero-order valence-electron chi connectivity index (χ0n) is 19.6. The lowest BCUT2D eigenvalue weighted by atomic mass is 9.93. The molecule has 5 heteroatoms. The summed E-state index contributed by atoms with van der Waals surface area (Å²) < 4.78 is 11.3. The van der Waals surface area contributed by atoms with Gasteiger partial charge in [0.25, 0.3) is 5.91 Å². The Kier molecular flexibility index (Phi) is 8.73. The molecule has 0 spiro atoms. The van der Waals surface area contributed by atoms with Crippen molar-refractivity contribution in [2.24, 2.45) is 0 Å². The number of methoxy groups -OCH3 is 1. The first-order valence-electron chi connectivity index (χ1n) is 11.8. The van der Waals surface area contributed by atoms with E-state index in [2.05, 4.69) is 49.2 Å². The molecule has 1 N–H and O–H groups in total. The van der Waals surface area contributed by atoms with Gasteiger partial charge < -0.3 is 19.7 Å². The van der Waals surface area contributed by atoms with E-state index in [0.29, 0.717) is 13.2 Å². The van der Waals surface area contributed by atoms with Crippen molar-refractivity contribution in [2.45, 2.75) is 65.0 Å². The first-order chi connectivity index (χ1) is 15.1. The zero-order valence-corrected chi connectivity index (χ0v) is 19.6. The second-order valence-electron chi connectivity index (χ2n) is 8.70. The summed E-state index contributed by atoms with van der Waals surface area (Å²) in [7, 11) is 1.70. The monoisotopic (exact) mass is 426 g/mol. The first kappa shape index (κ1) is 23.6. The summed E-state index contributed by atoms with van der Waals surface area (Å²) in [4.78, 5) is 16.1. The normalized spacial score (nSPS) is 16.6. The van der Waals surface area contributed by atoms with Crippen LogP contribution >= 0.6 is 0 Å². The van der Waals surface area contributed by atoms with Crippen LogP contribution in [0.25, 0.3) is 10.8 Å². The molecule has 31 heavy (non-hydrogen) atoms. The molecule has 1 aliphatic heterocycles. The Labute approximate surface area is 187 Å². The number of hydrogen-bond donors (Lipinski definition) is 1. The molecule has 1 amide bonds. The molecule has 0 unspecified atom stereocenters. The number of fused-ring (bicyclic) bond motifs is 1. The molecule has 170 valence electrons. The van der Waals surface area contributed by atoms with Crippen LogP contribution in [0.4, 0.5) is 0 Å². The Balaban J connectivity index is 2.05. The van der Waals surface area contributed by atoms with Crippen LogP contribution in [0.1, 0.15) is 62.4 Å². The molecule has 1 heterocycles. The Morgan fingerprint density at radius 2 is 2.00 bits per heavy atom. The number of benzene rings is 2. The predicted molar refractivity (Wildman–Crippen MR) is 127 cm³/mol. The predicted octanol–water partition coefficient (Wildman–Crippen LogP) is 4.81. The van der Waals surface area contributed by atoms with E-state index in [-0.39, 0.29) is 18.0 Å². The van der Waals surface area contributed by atoms with Crippen LogP contribution in [-0.4, -0.2) is 56.3 Å². The number of ether oxygens (including phenoxy) is 2. The third-order valence-corrected chi connectivity index (χ3v) is 6.05. The van der Waals surface area contributed by atoms with Gasteiger partial charge in [-0.3, -0.25) is 4.79 Å². The van der Waals surface area contributed by atoms with Crippen LogP contribution in [0.3, 0.4) is 0 Å². The largest absolute Gasteiger partial charge is 0.493 e. The minimum atomic E-state index is 0.125. The van der Waals surface area contributed by atoms with E-state index in [1.165, 1.54) is 0 Å². The third-order valence-electron chi connectivity index (χ3n) is 6.05. The van der Waals surface area contributed by atoms with Gasteiger partial charge in [0, 0.05) is 49.7 Å². The number of piperidine rings is 1. The molecular formula is C26H38N2O3. The number of rotatable bonds is 10. The molecule has 0 aliphatic carbocycles. The number of carbonyl (C=O) groups excluding carboxylic acids is 1. The number of nitrogens with one attached hydrogen (secondary N) is 1. The standard InChI is InChI=1S/C26H38N2O3/c1-5-10-21-22-12-6-7-13-23(22)25(31-16-9-15-30-4)17-24(21)26(29)28(19(2)3)20-11-8-14-27-18-20/h6-7,12-13,17,19-20,27H,5,8-11,14-16,18H2,1-4H3/t20-/m1/s1. The summed E-state index contributed by atoms with van der Waals surface area (Å²) in [5, 5.41) is 5.67. The molecule has 5 nitrogen and oxygen atoms in total. The van der Waals surface area contributed by atoms with Gasteiger partial charge in [0.2, 0.25) is 0 Å². The van der Waals surface area contributed by atoms with Crippen molar-refractivity contribution >= 4 is 16.7 Å². The lowest BCUT2D eigenvalue weighted by Crippen LogP contribution is -2.51. The summed E-state index contributed by atoms with van der Waals surface area (Å²) in [5.41, 5.74) is 1.93. The van der Waals surface area contributed by atoms with Crippen LogP contribution in [0.5, 0.6) is 5.75 Å². The average Bonchev–Trinajstić information content (AvgIpc) is 2.78. The van der Waals surface area contributed by atoms with Crippen molar-refractivity contribution in [1.29, 1.82) is 0 Å². The molecule has 0 bridgehead atoms. The maximum atomic E-state index is 14.0. The highest BCUT2D eigenvalue weighted by Gasteiger charge is 2.30. The minimum Gasteiger partial charge on any atom is -0.493 e. The quantitative estimate of drug-likeness (QED) is 0.554. The van der Waals surface area contributed by atoms with Gasteiger partial charge in [-0.1, -0.05) is 37.6 Å². The van der Waals surface area contributed by atoms with Gasteiger partial charge in [-0.2, -0.15) is 0 Å². The van der Waals surface area contributed by atoms with E-state index < -0.39 is 0 Å². The number of amides is 1. The Morgan fingerprint density at radius 3 is 2.65 bits per heavy atom. The van der Waals surface area contributed by atoms with Gasteiger partial charge in [0.1, 0.15) is 5.75 Å². The fourth-order valence-electron chi connectivity index (χ4n) is 4.65. The van der Waals surface area contributed by atoms with Crippen LogP contribution in [0.15, 0.2) is 30.3 Å². The lowest BCUT2D eigenvalue weighted by molar-refractivity contribution is 0.0572. The third kappa shape index (κ3) is 5.58. The number of hydrogen-bond acceptors (Lipinski definition) is 4. The lowest BCUT2D eigenvalue weighted by Gasteiger charge is -2.38. The van der Waals surface area contributed by atoms with Crippen molar-refractivity contribution in [3.63, 3.8) is 0 Å². The maximum absolute atomic E-state index is 14.0. The molecule has 0 aromatic heterocycles. The highest BCUT2D eigenvalue weighted by Crippen LogP contribution is 2.34. The minimum absolute atomic E-state index is 0.125. The van der Waals surface area contributed by atoms with E-state index in [1.54, 1.807) is 7.11 Å². The molecule has 0 saturated carbocycles. The Hall–Kier alpha value is -2.11. The van der Waals surface area contributed by atoms with E-state index in [1.807, 2.05) is 12.1 Å². The smallest absolute Gasteiger partial charge is 0.254 e. The maximum Gasteiger partial charge on any atom is 0.254 e. The Morgan fingerprint density at radius 1 is 1.23 bits per heavy atom. The number of aryl methyl sites for hydroxylation is 1. The SMILES string of the molecule is CCCc1c(C(=O)N(C(C)C)[C@@H]2CCCNC2)cc(OCCCOC)c2ccccc12. The fraction of sp³-hybridized carbons (Fsp3) is 0.577. The van der Waals surface area contributed by atoms with Gasteiger partial charge in [0.15, 0.2) is 0 Å². The molecule has 0 radical (unpaired) electrons. The molecule has 3 rings (SSSR count). The molecule has 1 aliphatic rings. The van der Waals surface area contributed by atoms with Crippen molar-refractivity contribution in [2.75, 3.05) is 33.4 Å². The molecule has 1 atom stereocenters. The highest BCUT2D eigenvalue weighted by molar-refractivity contribution is 6.04. The Bertz CT molecular complexity index is 859. The van der Waals surface area contributed by atoms with Gasteiger partial charge >= 0.3 is 0 Å². The van der Waals surface area contributed by atoms with Crippen molar-refractivity contribution in [3.8, 4) is 5.75 Å². The molecule has 2 aromatic carbocycles. The summed E-state index contributed by atoms with van der Waals surface area (Å²) in [6.07, 6.45) is 4.84. The van der Waals surface area contributed by atoms with E-state index in [9.17, 15) is 4.79 Å². The van der Waals surface area contributed by atoms with Gasteiger partial charge in [-0.15, -0.1) is 0 Å². The van der Waals surface area contributed by atoms with Gasteiger partial charge in [-0.05, 0) is 56.7 Å². The number of nitrogens with zero attached hydrogens (tertiary/aromatic N) is 1. The summed E-state index contributed by atoms with van der Waals surface area (Å²) >= 11 is 0. The van der Waals surface area contributed by atoms with Crippen molar-refractivity contribution in [1.82, 2.24) is 10.2 Å². The van der Waals surface area contributed by atoms with Gasteiger partial charge in [0.05, 0.1) is 6.61 Å². The summed E-state index contributed by atoms with van der Waals surface area (Å²) in [6, 6.07) is 10.7. The number of carbonyl (C=O) groups is 1. The van der Waals surface area contributed by atoms with Crippen LogP contribution in [0, 0.1) is 0 Å². The van der Waals surface area contributed by atoms with Crippen LogP contribution in [-0.2, 0) is 11.2 Å². The first-order valence-corrected chi connectivity index (χ1v) is 11.8. The van der Waals surface area contributed by atoms with E-state index in [4.69, 9.17) is 9.47 Å². The van der Waals surface area contributed by atoms with Gasteiger partial charge in [-0.25, -0.2) is 0 Å². The second-order valence-corrected chi connectivity index (χ2v) is 8.70. The summed E-state index contributed by atoms with van der Waals surface area (Å²) in [6.45, 7) is 9.54. The zero-order chi connectivity index (χ0) is 22.2.